The van der Waals surface area contributed by atoms with Crippen LogP contribution in [0.15, 0.2) is 29.4 Å². The maximum atomic E-state index is 11.5. The molecule has 7 heteroatoms. The molecule has 0 spiro atoms. The molecular weight excluding hydrogens is 222 g/mol. The zero-order valence-corrected chi connectivity index (χ0v) is 8.81. The minimum Gasteiger partial charge on any atom is -0.392 e. The van der Waals surface area contributed by atoms with E-state index in [2.05, 4.69) is 21.9 Å². The van der Waals surface area contributed by atoms with Gasteiger partial charge in [-0.15, -0.1) is 0 Å². The highest BCUT2D eigenvalue weighted by molar-refractivity contribution is 7.89. The molecule has 1 aromatic rings. The summed E-state index contributed by atoms with van der Waals surface area (Å²) in [6, 6.07) is 2.98. The molecule has 1 aromatic heterocycles. The lowest BCUT2D eigenvalue weighted by molar-refractivity contribution is 0.586. The Bertz CT molecular complexity index is 416. The third-order valence-corrected chi connectivity index (χ3v) is 2.91. The summed E-state index contributed by atoms with van der Waals surface area (Å²) in [6.45, 7) is -0.0490. The van der Waals surface area contributed by atoms with Gasteiger partial charge in [0, 0.05) is 12.4 Å². The lowest BCUT2D eigenvalue weighted by Crippen LogP contribution is -2.32. The van der Waals surface area contributed by atoms with Crippen LogP contribution < -0.4 is 10.5 Å². The molecule has 0 aliphatic heterocycles. The molecule has 0 atom stereocenters. The Labute approximate surface area is 87.4 Å². The van der Waals surface area contributed by atoms with Crippen molar-refractivity contribution in [3.05, 3.63) is 24.5 Å². The Morgan fingerprint density at radius 2 is 2.36 bits per heavy atom. The first-order chi connectivity index (χ1) is 6.52. The summed E-state index contributed by atoms with van der Waals surface area (Å²) in [6.07, 6.45) is 2.74. The van der Waals surface area contributed by atoms with Gasteiger partial charge in [0.15, 0.2) is 0 Å². The number of nitrogens with zero attached hydrogens (tertiary/aromatic N) is 1. The maximum Gasteiger partial charge on any atom is 0.242 e. The van der Waals surface area contributed by atoms with Crippen molar-refractivity contribution in [2.24, 2.45) is 5.73 Å². The second kappa shape index (κ2) is 4.45. The highest BCUT2D eigenvalue weighted by atomic mass is 32.2. The van der Waals surface area contributed by atoms with Crippen LogP contribution in [0.25, 0.3) is 0 Å². The van der Waals surface area contributed by atoms with Crippen LogP contribution in [-0.2, 0) is 10.0 Å². The smallest absolute Gasteiger partial charge is 0.242 e. The Balaban J connectivity index is 2.82. The molecule has 3 N–H and O–H groups in total. The van der Waals surface area contributed by atoms with Crippen molar-refractivity contribution in [3.63, 3.8) is 0 Å². The van der Waals surface area contributed by atoms with E-state index in [1.165, 1.54) is 24.5 Å². The fourth-order valence-electron chi connectivity index (χ4n) is 0.756. The summed E-state index contributed by atoms with van der Waals surface area (Å²) in [4.78, 5) is 3.88. The van der Waals surface area contributed by atoms with Gasteiger partial charge in [0.25, 0.3) is 0 Å². The van der Waals surface area contributed by atoms with Gasteiger partial charge >= 0.3 is 0 Å². The number of hydrogen-bond acceptors (Lipinski definition) is 4. The Kier molecular flexibility index (Phi) is 3.50. The van der Waals surface area contributed by atoms with E-state index in [0.717, 1.165) is 0 Å². The molecular formula is C7H9N3O2S2. The summed E-state index contributed by atoms with van der Waals surface area (Å²) in [5, 5.41) is 0. The second-order valence-corrected chi connectivity index (χ2v) is 4.77. The van der Waals surface area contributed by atoms with Gasteiger partial charge in [0.1, 0.15) is 4.90 Å². The summed E-state index contributed by atoms with van der Waals surface area (Å²) >= 11 is 4.55. The molecule has 14 heavy (non-hydrogen) atoms. The van der Waals surface area contributed by atoms with Crippen molar-refractivity contribution < 1.29 is 8.42 Å². The fraction of sp³-hybridized carbons (Fsp3) is 0.143. The molecule has 0 saturated heterocycles. The molecule has 0 aromatic carbocycles. The topological polar surface area (TPSA) is 85.1 Å². The fourth-order valence-corrected chi connectivity index (χ4v) is 1.89. The van der Waals surface area contributed by atoms with E-state index in [4.69, 9.17) is 5.73 Å². The lowest BCUT2D eigenvalue weighted by atomic mass is 10.5. The van der Waals surface area contributed by atoms with Crippen LogP contribution in [0.5, 0.6) is 0 Å². The van der Waals surface area contributed by atoms with Crippen molar-refractivity contribution in [2.45, 2.75) is 4.90 Å². The number of rotatable bonds is 4. The van der Waals surface area contributed by atoms with Gasteiger partial charge in [0.05, 0.1) is 11.5 Å². The van der Waals surface area contributed by atoms with Crippen LogP contribution in [0, 0.1) is 0 Å². The number of pyridine rings is 1. The predicted octanol–water partition coefficient (Wildman–Crippen LogP) is -0.354. The van der Waals surface area contributed by atoms with Gasteiger partial charge in [-0.1, -0.05) is 12.2 Å². The molecule has 5 nitrogen and oxygen atoms in total. The van der Waals surface area contributed by atoms with E-state index in [0.29, 0.717) is 0 Å². The van der Waals surface area contributed by atoms with Gasteiger partial charge < -0.3 is 5.73 Å². The third kappa shape index (κ3) is 3.02. The summed E-state index contributed by atoms with van der Waals surface area (Å²) < 4.78 is 25.2. The van der Waals surface area contributed by atoms with E-state index in [1.54, 1.807) is 0 Å². The molecule has 0 aliphatic rings. The first kappa shape index (κ1) is 11.0. The van der Waals surface area contributed by atoms with Gasteiger partial charge in [-0.05, 0) is 12.1 Å². The number of nitrogens with one attached hydrogen (secondary N) is 1. The van der Waals surface area contributed by atoms with Crippen LogP contribution >= 0.6 is 12.2 Å². The molecule has 1 rings (SSSR count). The van der Waals surface area contributed by atoms with Gasteiger partial charge in [0.2, 0.25) is 10.0 Å². The first-order valence-corrected chi connectivity index (χ1v) is 5.59. The van der Waals surface area contributed by atoms with E-state index in [9.17, 15) is 8.42 Å². The van der Waals surface area contributed by atoms with Crippen molar-refractivity contribution in [1.29, 1.82) is 0 Å². The summed E-state index contributed by atoms with van der Waals surface area (Å²) in [7, 11) is -3.54. The second-order valence-electron chi connectivity index (χ2n) is 2.48. The van der Waals surface area contributed by atoms with Crippen molar-refractivity contribution in [2.75, 3.05) is 6.54 Å². The van der Waals surface area contributed by atoms with Crippen molar-refractivity contribution >= 4 is 27.2 Å². The van der Waals surface area contributed by atoms with Crippen LogP contribution in [0.1, 0.15) is 0 Å². The Morgan fingerprint density at radius 3 is 2.86 bits per heavy atom. The zero-order chi connectivity index (χ0) is 10.6. The quantitative estimate of drug-likeness (QED) is 0.692. The zero-order valence-electron chi connectivity index (χ0n) is 7.17. The number of aromatic nitrogens is 1. The van der Waals surface area contributed by atoms with Crippen LogP contribution in [0.4, 0.5) is 0 Å². The van der Waals surface area contributed by atoms with Crippen molar-refractivity contribution in [3.8, 4) is 0 Å². The third-order valence-electron chi connectivity index (χ3n) is 1.38. The minimum atomic E-state index is -3.54. The first-order valence-electron chi connectivity index (χ1n) is 3.70. The molecule has 76 valence electrons. The molecule has 0 radical (unpaired) electrons. The molecule has 1 heterocycles. The molecule has 0 aliphatic carbocycles. The lowest BCUT2D eigenvalue weighted by Gasteiger charge is -2.04. The number of hydrogen-bond donors (Lipinski definition) is 2. The van der Waals surface area contributed by atoms with Gasteiger partial charge in [-0.25, -0.2) is 13.1 Å². The maximum absolute atomic E-state index is 11.5. The van der Waals surface area contributed by atoms with Gasteiger partial charge in [-0.2, -0.15) is 0 Å². The van der Waals surface area contributed by atoms with E-state index < -0.39 is 10.0 Å². The average molecular weight is 231 g/mol. The SMILES string of the molecule is NC(=S)CNS(=O)(=O)c1cccnc1. The number of nitrogens with two attached hydrogens (primary N) is 1. The molecule has 0 amide bonds. The van der Waals surface area contributed by atoms with Crippen molar-refractivity contribution in [1.82, 2.24) is 9.71 Å². The normalized spacial score (nSPS) is 11.1. The number of thiocarbonyl (C=S) groups is 1. The standard InChI is InChI=1S/C7H9N3O2S2/c8-7(13)5-10-14(11,12)6-2-1-3-9-4-6/h1-4,10H,5H2,(H2,8,13). The summed E-state index contributed by atoms with van der Waals surface area (Å²) in [5.74, 6) is 0. The molecule has 0 fully saturated rings. The Hall–Kier alpha value is -1.05. The Morgan fingerprint density at radius 1 is 1.64 bits per heavy atom. The van der Waals surface area contributed by atoms with E-state index in [-0.39, 0.29) is 16.4 Å². The van der Waals surface area contributed by atoms with Crippen LogP contribution in [0.2, 0.25) is 0 Å². The number of sulfonamides is 1. The van der Waals surface area contributed by atoms with Crippen LogP contribution in [-0.4, -0.2) is 24.9 Å². The van der Waals surface area contributed by atoms with E-state index in [1.807, 2.05) is 0 Å². The molecule has 0 saturated carbocycles. The van der Waals surface area contributed by atoms with Crippen LogP contribution in [0.3, 0.4) is 0 Å². The monoisotopic (exact) mass is 231 g/mol. The molecule has 0 bridgehead atoms. The van der Waals surface area contributed by atoms with E-state index >= 15 is 0 Å². The molecule has 0 unspecified atom stereocenters. The summed E-state index contributed by atoms with van der Waals surface area (Å²) in [5.41, 5.74) is 5.17. The minimum absolute atomic E-state index is 0.0490. The predicted molar refractivity (Wildman–Crippen MR) is 56.2 cm³/mol. The highest BCUT2D eigenvalue weighted by Gasteiger charge is 2.12. The highest BCUT2D eigenvalue weighted by Crippen LogP contribution is 2.04. The average Bonchev–Trinajstić information content (AvgIpc) is 2.16. The largest absolute Gasteiger partial charge is 0.392 e. The van der Waals surface area contributed by atoms with Gasteiger partial charge in [-0.3, -0.25) is 4.98 Å².